The van der Waals surface area contributed by atoms with Crippen LogP contribution in [0.4, 0.5) is 0 Å². The first-order valence-electron chi connectivity index (χ1n) is 12.6. The number of aromatic nitrogens is 2. The van der Waals surface area contributed by atoms with Gasteiger partial charge in [-0.2, -0.15) is 0 Å². The number of nitrogens with zero attached hydrogens (tertiary/aromatic N) is 2. The van der Waals surface area contributed by atoms with E-state index in [1.54, 1.807) is 24.3 Å². The molecule has 2 N–H and O–H groups in total. The van der Waals surface area contributed by atoms with Crippen molar-refractivity contribution in [3.05, 3.63) is 101 Å². The number of hydrogen-bond donors (Lipinski definition) is 1. The van der Waals surface area contributed by atoms with Crippen molar-refractivity contribution in [1.29, 1.82) is 0 Å². The van der Waals surface area contributed by atoms with E-state index in [2.05, 4.69) is 61.7 Å². The first-order valence-corrected chi connectivity index (χ1v) is 12.6. The van der Waals surface area contributed by atoms with Gasteiger partial charge in [-0.15, -0.1) is 0 Å². The van der Waals surface area contributed by atoms with Crippen molar-refractivity contribution in [2.24, 2.45) is 11.7 Å². The standard InChI is InChI=1S/C17H18O2.C10H9N3O2.C4H10.H2/c1-13-6-3-4-9-16(13)15-8-5-7-14(12-15)10-11-17(18)19-2;11-9(14)5-13-6-12-8-4-2-1-3-7(8)10(13)15;1-4(2)3;/h3-9,12H,10-11H2,1-2H3;1-4,6H,5H2,(H2,11,14);4H,1-3H3;1H. The fourth-order valence-electron chi connectivity index (χ4n) is 3.53. The number of amides is 1. The minimum absolute atomic E-state index is 0. The van der Waals surface area contributed by atoms with E-state index in [9.17, 15) is 14.4 Å². The number of hydrogen-bond acceptors (Lipinski definition) is 5. The van der Waals surface area contributed by atoms with Gasteiger partial charge in [0.1, 0.15) is 6.54 Å². The Morgan fingerprint density at radius 1 is 1.00 bits per heavy atom. The maximum Gasteiger partial charge on any atom is 0.305 e. The minimum Gasteiger partial charge on any atom is -0.469 e. The van der Waals surface area contributed by atoms with Crippen LogP contribution in [0.3, 0.4) is 0 Å². The van der Waals surface area contributed by atoms with Gasteiger partial charge >= 0.3 is 5.97 Å². The second-order valence-corrected chi connectivity index (χ2v) is 9.48. The average molecular weight is 518 g/mol. The highest BCUT2D eigenvalue weighted by atomic mass is 16.5. The van der Waals surface area contributed by atoms with Crippen molar-refractivity contribution in [3.8, 4) is 11.1 Å². The number of fused-ring (bicyclic) bond motifs is 1. The van der Waals surface area contributed by atoms with Crippen LogP contribution in [0.15, 0.2) is 83.9 Å². The van der Waals surface area contributed by atoms with Crippen LogP contribution in [0.5, 0.6) is 0 Å². The van der Waals surface area contributed by atoms with E-state index < -0.39 is 5.91 Å². The van der Waals surface area contributed by atoms with Gasteiger partial charge in [-0.25, -0.2) is 4.98 Å². The fraction of sp³-hybridized carbons (Fsp3) is 0.290. The number of rotatable bonds is 6. The lowest BCUT2D eigenvalue weighted by molar-refractivity contribution is -0.140. The largest absolute Gasteiger partial charge is 0.469 e. The summed E-state index contributed by atoms with van der Waals surface area (Å²) in [4.78, 5) is 37.7. The molecule has 0 aliphatic rings. The zero-order valence-corrected chi connectivity index (χ0v) is 22.8. The third kappa shape index (κ3) is 9.65. The fourth-order valence-corrected chi connectivity index (χ4v) is 3.53. The average Bonchev–Trinajstić information content (AvgIpc) is 2.89. The van der Waals surface area contributed by atoms with Gasteiger partial charge in [0.05, 0.1) is 24.3 Å². The molecule has 4 aromatic rings. The molecule has 0 radical (unpaired) electrons. The zero-order valence-electron chi connectivity index (χ0n) is 22.8. The lowest BCUT2D eigenvalue weighted by Crippen LogP contribution is -2.28. The van der Waals surface area contributed by atoms with Crippen LogP contribution in [0.1, 0.15) is 39.7 Å². The molecule has 202 valence electrons. The molecule has 0 saturated carbocycles. The molecular weight excluding hydrogens is 478 g/mol. The summed E-state index contributed by atoms with van der Waals surface area (Å²) < 4.78 is 5.87. The quantitative estimate of drug-likeness (QED) is 0.337. The summed E-state index contributed by atoms with van der Waals surface area (Å²) in [6.45, 7) is 8.47. The lowest BCUT2D eigenvalue weighted by Gasteiger charge is -2.08. The highest BCUT2D eigenvalue weighted by molar-refractivity contribution is 5.78. The number of ether oxygens (including phenoxy) is 1. The van der Waals surface area contributed by atoms with E-state index in [1.165, 1.54) is 34.7 Å². The minimum atomic E-state index is -0.561. The Morgan fingerprint density at radius 2 is 1.66 bits per heavy atom. The Balaban J connectivity index is 0.000000342. The molecule has 1 amide bonds. The highest BCUT2D eigenvalue weighted by Gasteiger charge is 2.06. The monoisotopic (exact) mass is 517 g/mol. The van der Waals surface area contributed by atoms with Gasteiger partial charge in [0, 0.05) is 7.85 Å². The van der Waals surface area contributed by atoms with Gasteiger partial charge < -0.3 is 10.5 Å². The molecule has 0 fully saturated rings. The van der Waals surface area contributed by atoms with Gasteiger partial charge in [0.2, 0.25) is 5.91 Å². The van der Waals surface area contributed by atoms with Crippen molar-refractivity contribution in [1.82, 2.24) is 9.55 Å². The predicted molar refractivity (Wildman–Crippen MR) is 155 cm³/mol. The van der Waals surface area contributed by atoms with Crippen molar-refractivity contribution in [2.45, 2.75) is 47.1 Å². The van der Waals surface area contributed by atoms with E-state index in [4.69, 9.17) is 5.73 Å². The van der Waals surface area contributed by atoms with Crippen molar-refractivity contribution < 1.29 is 15.8 Å². The molecule has 38 heavy (non-hydrogen) atoms. The number of para-hydroxylation sites is 1. The second kappa shape index (κ2) is 15.1. The van der Waals surface area contributed by atoms with Crippen LogP contribution >= 0.6 is 0 Å². The summed E-state index contributed by atoms with van der Waals surface area (Å²) >= 11 is 0. The number of carbonyl (C=O) groups excluding carboxylic acids is 2. The Hall–Kier alpha value is -4.26. The summed E-state index contributed by atoms with van der Waals surface area (Å²) in [6, 6.07) is 23.6. The van der Waals surface area contributed by atoms with Crippen LogP contribution in [0, 0.1) is 12.8 Å². The van der Waals surface area contributed by atoms with E-state index >= 15 is 0 Å². The Bertz CT molecular complexity index is 1410. The highest BCUT2D eigenvalue weighted by Crippen LogP contribution is 2.24. The summed E-state index contributed by atoms with van der Waals surface area (Å²) in [6.07, 6.45) is 2.47. The third-order valence-corrected chi connectivity index (χ3v) is 5.29. The van der Waals surface area contributed by atoms with E-state index in [1.807, 2.05) is 24.3 Å². The van der Waals surface area contributed by atoms with Crippen molar-refractivity contribution in [2.75, 3.05) is 7.11 Å². The molecule has 1 aromatic heterocycles. The van der Waals surface area contributed by atoms with Gasteiger partial charge in [-0.1, -0.05) is 81.4 Å². The van der Waals surface area contributed by atoms with Crippen molar-refractivity contribution in [3.63, 3.8) is 0 Å². The normalized spacial score (nSPS) is 10.2. The molecule has 3 aromatic carbocycles. The van der Waals surface area contributed by atoms with Crippen molar-refractivity contribution >= 4 is 22.8 Å². The molecule has 0 saturated heterocycles. The molecule has 0 bridgehead atoms. The summed E-state index contributed by atoms with van der Waals surface area (Å²) in [5.41, 5.74) is 10.2. The third-order valence-electron chi connectivity index (χ3n) is 5.29. The Labute approximate surface area is 225 Å². The Morgan fingerprint density at radius 3 is 2.32 bits per heavy atom. The van der Waals surface area contributed by atoms with Crippen LogP contribution in [-0.4, -0.2) is 28.5 Å². The topological polar surface area (TPSA) is 104 Å². The SMILES string of the molecule is CC(C)C.COC(=O)CCc1cccc(-c2ccccc2C)c1.NC(=O)Cn1cnc2ccccc2c1=O.[HH]. The molecule has 0 unspecified atom stereocenters. The summed E-state index contributed by atoms with van der Waals surface area (Å²) in [5, 5.41) is 0.487. The van der Waals surface area contributed by atoms with Crippen LogP contribution < -0.4 is 11.3 Å². The van der Waals surface area contributed by atoms with Crippen LogP contribution in [0.2, 0.25) is 0 Å². The van der Waals surface area contributed by atoms with E-state index in [0.717, 1.165) is 11.5 Å². The maximum atomic E-state index is 11.8. The number of primary amides is 1. The number of methoxy groups -OCH3 is 1. The number of benzene rings is 3. The van der Waals surface area contributed by atoms with Crippen LogP contribution in [-0.2, 0) is 27.3 Å². The second-order valence-electron chi connectivity index (χ2n) is 9.48. The Kier molecular flexibility index (Phi) is 11.9. The molecular formula is C31H39N3O4. The van der Waals surface area contributed by atoms with Gasteiger partial charge in [-0.3, -0.25) is 19.0 Å². The smallest absolute Gasteiger partial charge is 0.305 e. The van der Waals surface area contributed by atoms with E-state index in [-0.39, 0.29) is 19.5 Å². The maximum absolute atomic E-state index is 11.8. The number of aryl methyl sites for hydroxylation is 2. The molecule has 0 aliphatic carbocycles. The molecule has 4 rings (SSSR count). The summed E-state index contributed by atoms with van der Waals surface area (Å²) in [7, 11) is 1.42. The van der Waals surface area contributed by atoms with Gasteiger partial charge in [0.25, 0.3) is 5.56 Å². The predicted octanol–water partition coefficient (Wildman–Crippen LogP) is 5.56. The summed E-state index contributed by atoms with van der Waals surface area (Å²) in [5.74, 6) is 0.107. The first-order chi connectivity index (χ1) is 18.1. The lowest BCUT2D eigenvalue weighted by atomic mass is 9.98. The number of nitrogens with two attached hydrogens (primary N) is 1. The molecule has 0 spiro atoms. The molecule has 7 heteroatoms. The molecule has 7 nitrogen and oxygen atoms in total. The van der Waals surface area contributed by atoms with Gasteiger partial charge in [-0.05, 0) is 53.6 Å². The van der Waals surface area contributed by atoms with E-state index in [0.29, 0.717) is 23.7 Å². The zero-order chi connectivity index (χ0) is 28.1. The number of carbonyl (C=O) groups is 2. The molecule has 1 heterocycles. The number of esters is 1. The van der Waals surface area contributed by atoms with Gasteiger partial charge in [0.15, 0.2) is 0 Å². The van der Waals surface area contributed by atoms with Crippen LogP contribution in [0.25, 0.3) is 22.0 Å². The first kappa shape index (κ1) is 30.0. The molecule has 0 aliphatic heterocycles. The molecule has 0 atom stereocenters.